The average molecular weight is 867 g/mol. The third-order valence-electron chi connectivity index (χ3n) is 9.50. The van der Waals surface area contributed by atoms with E-state index in [-0.39, 0.29) is 19.6 Å². The van der Waals surface area contributed by atoms with Gasteiger partial charge in [0.25, 0.3) is 0 Å². The highest BCUT2D eigenvalue weighted by molar-refractivity contribution is 7.80. The Morgan fingerprint density at radius 2 is 1.15 bits per heavy atom. The van der Waals surface area contributed by atoms with Crippen molar-refractivity contribution in [2.24, 2.45) is 0 Å². The molecule has 1 saturated heterocycles. The molecular formula is C47H78O12S. The van der Waals surface area contributed by atoms with Crippen molar-refractivity contribution in [2.75, 3.05) is 26.4 Å². The Hall–Kier alpha value is -2.72. The Morgan fingerprint density at radius 1 is 0.650 bits per heavy atom. The Balaban J connectivity index is 2.50. The molecule has 0 aromatic heterocycles. The van der Waals surface area contributed by atoms with Gasteiger partial charge in [0.15, 0.2) is 6.29 Å². The highest BCUT2D eigenvalue weighted by atomic mass is 32.3. The number of allylic oxidation sites excluding steroid dienone is 14. The van der Waals surface area contributed by atoms with Crippen molar-refractivity contribution in [1.82, 2.24) is 0 Å². The summed E-state index contributed by atoms with van der Waals surface area (Å²) in [5.74, 6) is -0.433. The van der Waals surface area contributed by atoms with E-state index in [1.54, 1.807) is 0 Å². The Kier molecular flexibility index (Phi) is 35.0. The number of unbranched alkanes of at least 4 members (excludes halogenated alkanes) is 10. The van der Waals surface area contributed by atoms with Crippen LogP contribution in [0.4, 0.5) is 0 Å². The predicted octanol–water partition coefficient (Wildman–Crippen LogP) is 9.29. The molecule has 1 aliphatic heterocycles. The molecular weight excluding hydrogens is 789 g/mol. The molecule has 12 nitrogen and oxygen atoms in total. The summed E-state index contributed by atoms with van der Waals surface area (Å²) in [7, 11) is -5.07. The number of aliphatic hydroxyl groups excluding tert-OH is 3. The topological polar surface area (TPSA) is 178 Å². The van der Waals surface area contributed by atoms with E-state index in [0.29, 0.717) is 13.0 Å². The number of esters is 1. The summed E-state index contributed by atoms with van der Waals surface area (Å²) < 4.78 is 59.0. The smallest absolute Gasteiger partial charge is 0.397 e. The molecule has 4 N–H and O–H groups in total. The summed E-state index contributed by atoms with van der Waals surface area (Å²) in [4.78, 5) is 12.8. The number of ether oxygens (including phenoxy) is 4. The normalized spacial score (nSPS) is 21.1. The van der Waals surface area contributed by atoms with Crippen molar-refractivity contribution in [3.05, 3.63) is 85.1 Å². The van der Waals surface area contributed by atoms with Gasteiger partial charge in [-0.2, -0.15) is 8.42 Å². The summed E-state index contributed by atoms with van der Waals surface area (Å²) >= 11 is 0. The minimum Gasteiger partial charge on any atom is -0.457 e. The number of rotatable bonds is 37. The SMILES string of the molecule is CC/C=C\C/C=C\C/C=C\C/C=C\C/C=C\CCCCOCC(COC1OC(CO)C(O)C(OS(=O)(=O)O)C1O)OC(=O)CCCCCCC/C=C\C/C=C\CCCCC. The standard InChI is InChI=1S/C47H78O12S/c1-3-5-7-9-11-13-15-17-19-20-21-23-25-27-29-31-33-35-37-55-39-41(40-56-47-45(51)46(59-60(52,53)54)44(50)42(38-48)58-47)57-43(49)36-34-32-30-28-26-24-22-18-16-14-12-10-8-6-4-2/h5,7,11-14,17-19,21-23,27,29,41-42,44-48,50-51H,3-4,6,8-10,15-16,20,24-26,28,30-40H2,1-2H3,(H,52,53,54)/b7-5-,13-11-,14-12-,19-17-,22-18-,23-21-,29-27-. The maximum atomic E-state index is 12.8. The molecule has 0 bridgehead atoms. The van der Waals surface area contributed by atoms with Crippen LogP contribution in [0.2, 0.25) is 0 Å². The first kappa shape index (κ1) is 55.3. The van der Waals surface area contributed by atoms with Crippen LogP contribution in [-0.2, 0) is 38.3 Å². The maximum absolute atomic E-state index is 12.8. The zero-order chi connectivity index (χ0) is 43.9. The molecule has 6 atom stereocenters. The monoisotopic (exact) mass is 867 g/mol. The van der Waals surface area contributed by atoms with Crippen LogP contribution >= 0.6 is 0 Å². The largest absolute Gasteiger partial charge is 0.457 e. The molecule has 1 aliphatic rings. The van der Waals surface area contributed by atoms with Crippen molar-refractivity contribution < 1.29 is 56.2 Å². The summed E-state index contributed by atoms with van der Waals surface area (Å²) in [5.41, 5.74) is 0. The fourth-order valence-electron chi connectivity index (χ4n) is 6.14. The highest BCUT2D eigenvalue weighted by Crippen LogP contribution is 2.26. The summed E-state index contributed by atoms with van der Waals surface area (Å²) in [6, 6.07) is 0. The van der Waals surface area contributed by atoms with Crippen LogP contribution < -0.4 is 0 Å². The van der Waals surface area contributed by atoms with Gasteiger partial charge in [0.05, 0.1) is 19.8 Å². The van der Waals surface area contributed by atoms with Crippen LogP contribution in [0.3, 0.4) is 0 Å². The zero-order valence-corrected chi connectivity index (χ0v) is 37.3. The van der Waals surface area contributed by atoms with E-state index in [0.717, 1.165) is 96.3 Å². The molecule has 0 aliphatic carbocycles. The van der Waals surface area contributed by atoms with Gasteiger partial charge in [0.1, 0.15) is 30.5 Å². The lowest BCUT2D eigenvalue weighted by Crippen LogP contribution is -2.60. The van der Waals surface area contributed by atoms with Gasteiger partial charge in [0.2, 0.25) is 0 Å². The van der Waals surface area contributed by atoms with Crippen LogP contribution in [0, 0.1) is 0 Å². The number of aliphatic hydroxyl groups is 3. The summed E-state index contributed by atoms with van der Waals surface area (Å²) in [5, 5.41) is 30.6. The lowest BCUT2D eigenvalue weighted by atomic mass is 9.99. The van der Waals surface area contributed by atoms with E-state index in [4.69, 9.17) is 23.5 Å². The fraction of sp³-hybridized carbons (Fsp3) is 0.681. The average Bonchev–Trinajstić information content (AvgIpc) is 3.22. The van der Waals surface area contributed by atoms with Crippen LogP contribution in [-0.4, -0.2) is 97.5 Å². The lowest BCUT2D eigenvalue weighted by molar-refractivity contribution is -0.301. The number of hydrogen-bond donors (Lipinski definition) is 4. The predicted molar refractivity (Wildman–Crippen MR) is 239 cm³/mol. The van der Waals surface area contributed by atoms with Crippen molar-refractivity contribution in [1.29, 1.82) is 0 Å². The van der Waals surface area contributed by atoms with Gasteiger partial charge in [-0.1, -0.05) is 131 Å². The molecule has 0 aromatic carbocycles. The fourth-order valence-corrected chi connectivity index (χ4v) is 6.65. The number of carbonyl (C=O) groups excluding carboxylic acids is 1. The first-order valence-corrected chi connectivity index (χ1v) is 23.7. The lowest BCUT2D eigenvalue weighted by Gasteiger charge is -2.41. The van der Waals surface area contributed by atoms with Crippen molar-refractivity contribution in [3.8, 4) is 0 Å². The van der Waals surface area contributed by atoms with E-state index in [1.807, 2.05) is 0 Å². The molecule has 0 aromatic rings. The molecule has 60 heavy (non-hydrogen) atoms. The van der Waals surface area contributed by atoms with Gasteiger partial charge in [-0.05, 0) is 89.9 Å². The second kappa shape index (κ2) is 38.0. The van der Waals surface area contributed by atoms with Gasteiger partial charge < -0.3 is 34.3 Å². The molecule has 0 amide bonds. The maximum Gasteiger partial charge on any atom is 0.397 e. The molecule has 1 heterocycles. The van der Waals surface area contributed by atoms with E-state index in [9.17, 15) is 28.5 Å². The third-order valence-corrected chi connectivity index (χ3v) is 9.97. The van der Waals surface area contributed by atoms with E-state index in [1.165, 1.54) is 19.3 Å². The van der Waals surface area contributed by atoms with Crippen LogP contribution in [0.15, 0.2) is 85.1 Å². The molecule has 344 valence electrons. The number of carbonyl (C=O) groups is 1. The quantitative estimate of drug-likeness (QED) is 0.0202. The Morgan fingerprint density at radius 3 is 1.68 bits per heavy atom. The summed E-state index contributed by atoms with van der Waals surface area (Å²) in [6.07, 6.45) is 40.5. The molecule has 6 unspecified atom stereocenters. The van der Waals surface area contributed by atoms with Crippen molar-refractivity contribution >= 4 is 16.4 Å². The molecule has 1 rings (SSSR count). The third kappa shape index (κ3) is 31.2. The summed E-state index contributed by atoms with van der Waals surface area (Å²) in [6.45, 7) is 3.69. The van der Waals surface area contributed by atoms with Gasteiger partial charge in [-0.25, -0.2) is 4.18 Å². The first-order valence-electron chi connectivity index (χ1n) is 22.3. The molecule has 1 fully saturated rings. The van der Waals surface area contributed by atoms with Crippen LogP contribution in [0.25, 0.3) is 0 Å². The first-order chi connectivity index (χ1) is 29.1. The van der Waals surface area contributed by atoms with Gasteiger partial charge >= 0.3 is 16.4 Å². The Labute approximate surface area is 362 Å². The number of hydrogen-bond acceptors (Lipinski definition) is 11. The van der Waals surface area contributed by atoms with Gasteiger partial charge in [-0.15, -0.1) is 0 Å². The van der Waals surface area contributed by atoms with Crippen molar-refractivity contribution in [3.63, 3.8) is 0 Å². The van der Waals surface area contributed by atoms with E-state index < -0.39 is 59.8 Å². The Bertz CT molecular complexity index is 1370. The van der Waals surface area contributed by atoms with Crippen molar-refractivity contribution in [2.45, 2.75) is 179 Å². The van der Waals surface area contributed by atoms with Gasteiger partial charge in [-0.3, -0.25) is 9.35 Å². The molecule has 0 radical (unpaired) electrons. The second-order valence-corrected chi connectivity index (χ2v) is 15.9. The van der Waals surface area contributed by atoms with Gasteiger partial charge in [0, 0.05) is 13.0 Å². The minimum absolute atomic E-state index is 0.00457. The molecule has 0 spiro atoms. The van der Waals surface area contributed by atoms with E-state index >= 15 is 0 Å². The minimum atomic E-state index is -5.07. The molecule has 0 saturated carbocycles. The van der Waals surface area contributed by atoms with Crippen LogP contribution in [0.5, 0.6) is 0 Å². The van der Waals surface area contributed by atoms with E-state index in [2.05, 4.69) is 103 Å². The second-order valence-electron chi connectivity index (χ2n) is 14.9. The zero-order valence-electron chi connectivity index (χ0n) is 36.5. The van der Waals surface area contributed by atoms with Crippen LogP contribution in [0.1, 0.15) is 142 Å². The highest BCUT2D eigenvalue weighted by Gasteiger charge is 2.48. The molecule has 13 heteroatoms.